The van der Waals surface area contributed by atoms with Crippen molar-refractivity contribution < 1.29 is 14.2 Å². The largest absolute Gasteiger partial charge is 0.444 e. The number of nitrogens with zero attached hydrogens (tertiary/aromatic N) is 1. The van der Waals surface area contributed by atoms with Gasteiger partial charge in [0.05, 0.1) is 0 Å². The standard InChI is InChI=1S/C17H33BNO3/c1-12(2)17(7,8)22-18-14-9-10-19(13(3)11-14)15(20)21-16(4,5)6/h12-14H,9-11H2,1-8H3. The molecule has 1 rings (SSSR count). The maximum atomic E-state index is 12.2. The molecule has 0 aromatic heterocycles. The number of carbonyl (C=O) groups excluding carboxylic acids is 1. The number of rotatable bonds is 4. The molecule has 4 nitrogen and oxygen atoms in total. The maximum absolute atomic E-state index is 12.2. The Labute approximate surface area is 137 Å². The van der Waals surface area contributed by atoms with Crippen molar-refractivity contribution in [2.75, 3.05) is 6.54 Å². The smallest absolute Gasteiger partial charge is 0.410 e. The number of hydrogen-bond acceptors (Lipinski definition) is 3. The molecule has 127 valence electrons. The summed E-state index contributed by atoms with van der Waals surface area (Å²) < 4.78 is 11.5. The molecular weight excluding hydrogens is 277 g/mol. The summed E-state index contributed by atoms with van der Waals surface area (Å²) in [6.07, 6.45) is 1.65. The molecule has 1 saturated heterocycles. The van der Waals surface area contributed by atoms with E-state index in [1.54, 1.807) is 0 Å². The van der Waals surface area contributed by atoms with Crippen molar-refractivity contribution in [3.05, 3.63) is 0 Å². The minimum Gasteiger partial charge on any atom is -0.444 e. The average Bonchev–Trinajstić information content (AvgIpc) is 2.34. The normalized spacial score (nSPS) is 23.6. The van der Waals surface area contributed by atoms with Gasteiger partial charge in [-0.15, -0.1) is 0 Å². The zero-order valence-electron chi connectivity index (χ0n) is 15.6. The van der Waals surface area contributed by atoms with Crippen LogP contribution in [0.2, 0.25) is 5.82 Å². The number of amides is 1. The van der Waals surface area contributed by atoms with Crippen LogP contribution < -0.4 is 0 Å². The highest BCUT2D eigenvalue weighted by Gasteiger charge is 2.33. The average molecular weight is 310 g/mol. The van der Waals surface area contributed by atoms with E-state index in [0.717, 1.165) is 19.4 Å². The van der Waals surface area contributed by atoms with E-state index in [4.69, 9.17) is 9.39 Å². The lowest BCUT2D eigenvalue weighted by Gasteiger charge is -2.39. The number of carbonyl (C=O) groups is 1. The minimum absolute atomic E-state index is 0.147. The Bertz CT molecular complexity index is 377. The van der Waals surface area contributed by atoms with Gasteiger partial charge in [0, 0.05) is 18.2 Å². The maximum Gasteiger partial charge on any atom is 0.410 e. The first-order valence-corrected chi connectivity index (χ1v) is 8.43. The third-order valence-corrected chi connectivity index (χ3v) is 4.50. The third kappa shape index (κ3) is 5.83. The molecule has 0 aromatic carbocycles. The Hall–Kier alpha value is -0.705. The van der Waals surface area contributed by atoms with Crippen molar-refractivity contribution in [2.24, 2.45) is 5.92 Å². The van der Waals surface area contributed by atoms with Crippen LogP contribution >= 0.6 is 0 Å². The fraction of sp³-hybridized carbons (Fsp3) is 0.941. The van der Waals surface area contributed by atoms with Gasteiger partial charge in [0.15, 0.2) is 0 Å². The van der Waals surface area contributed by atoms with Gasteiger partial charge in [0.25, 0.3) is 7.48 Å². The molecule has 2 atom stereocenters. The molecule has 2 unspecified atom stereocenters. The summed E-state index contributed by atoms with van der Waals surface area (Å²) >= 11 is 0. The lowest BCUT2D eigenvalue weighted by atomic mass is 9.70. The van der Waals surface area contributed by atoms with Gasteiger partial charge in [-0.05, 0) is 66.1 Å². The molecule has 1 aliphatic rings. The second-order valence-electron chi connectivity index (χ2n) is 8.32. The first-order valence-electron chi connectivity index (χ1n) is 8.43. The van der Waals surface area contributed by atoms with Gasteiger partial charge in [0.2, 0.25) is 0 Å². The van der Waals surface area contributed by atoms with Crippen molar-refractivity contribution in [3.63, 3.8) is 0 Å². The second kappa shape index (κ2) is 7.24. The molecule has 1 heterocycles. The molecule has 0 bridgehead atoms. The number of ether oxygens (including phenoxy) is 1. The summed E-state index contributed by atoms with van der Waals surface area (Å²) in [7, 11) is 1.99. The SMILES string of the molecule is CC1CC([B]OC(C)(C)C(C)C)CCN1C(=O)OC(C)(C)C. The van der Waals surface area contributed by atoms with Crippen molar-refractivity contribution in [1.82, 2.24) is 4.90 Å². The summed E-state index contributed by atoms with van der Waals surface area (Å²) in [6, 6.07) is 0.176. The van der Waals surface area contributed by atoms with Gasteiger partial charge >= 0.3 is 6.09 Å². The zero-order valence-corrected chi connectivity index (χ0v) is 15.6. The van der Waals surface area contributed by atoms with E-state index in [-0.39, 0.29) is 17.7 Å². The van der Waals surface area contributed by atoms with Gasteiger partial charge < -0.3 is 14.3 Å². The lowest BCUT2D eigenvalue weighted by molar-refractivity contribution is 0.0105. The second-order valence-corrected chi connectivity index (χ2v) is 8.32. The molecule has 0 saturated carbocycles. The van der Waals surface area contributed by atoms with Crippen molar-refractivity contribution in [2.45, 2.75) is 91.3 Å². The molecule has 0 aromatic rings. The van der Waals surface area contributed by atoms with Crippen molar-refractivity contribution in [1.29, 1.82) is 0 Å². The number of hydrogen-bond donors (Lipinski definition) is 0. The lowest BCUT2D eigenvalue weighted by Crippen LogP contribution is -2.47. The molecule has 1 amide bonds. The summed E-state index contributed by atoms with van der Waals surface area (Å²) in [5, 5.41) is 0. The van der Waals surface area contributed by atoms with Gasteiger partial charge in [-0.1, -0.05) is 13.8 Å². The minimum atomic E-state index is -0.440. The van der Waals surface area contributed by atoms with Crippen molar-refractivity contribution >= 4 is 13.6 Å². The summed E-state index contributed by atoms with van der Waals surface area (Å²) in [4.78, 5) is 14.0. The van der Waals surface area contributed by atoms with E-state index in [1.165, 1.54) is 0 Å². The van der Waals surface area contributed by atoms with E-state index in [2.05, 4.69) is 34.6 Å². The van der Waals surface area contributed by atoms with Crippen LogP contribution in [0.15, 0.2) is 0 Å². The van der Waals surface area contributed by atoms with Crippen LogP contribution in [0.5, 0.6) is 0 Å². The van der Waals surface area contributed by atoms with E-state index in [9.17, 15) is 4.79 Å². The van der Waals surface area contributed by atoms with Gasteiger partial charge in [-0.25, -0.2) is 4.79 Å². The van der Waals surface area contributed by atoms with Crippen molar-refractivity contribution in [3.8, 4) is 0 Å². The summed E-state index contributed by atoms with van der Waals surface area (Å²) in [6.45, 7) is 17.1. The van der Waals surface area contributed by atoms with E-state index in [1.807, 2.05) is 33.2 Å². The highest BCUT2D eigenvalue weighted by Crippen LogP contribution is 2.30. The van der Waals surface area contributed by atoms with Crippen LogP contribution in [0.3, 0.4) is 0 Å². The topological polar surface area (TPSA) is 38.8 Å². The highest BCUT2D eigenvalue weighted by molar-refractivity contribution is 6.29. The molecule has 22 heavy (non-hydrogen) atoms. The Morgan fingerprint density at radius 1 is 1.23 bits per heavy atom. The molecule has 1 aliphatic heterocycles. The van der Waals surface area contributed by atoms with Crippen LogP contribution in [0, 0.1) is 5.92 Å². The summed E-state index contributed by atoms with van der Waals surface area (Å²) in [5.41, 5.74) is -0.588. The molecule has 5 heteroatoms. The first-order chi connectivity index (χ1) is 9.92. The summed E-state index contributed by atoms with van der Waals surface area (Å²) in [5.74, 6) is 0.856. The monoisotopic (exact) mass is 310 g/mol. The third-order valence-electron chi connectivity index (χ3n) is 4.50. The quantitative estimate of drug-likeness (QED) is 0.728. The molecule has 0 spiro atoms. The Morgan fingerprint density at radius 3 is 2.27 bits per heavy atom. The molecular formula is C17H33BNO3. The van der Waals surface area contributed by atoms with E-state index < -0.39 is 5.60 Å². The fourth-order valence-electron chi connectivity index (χ4n) is 2.33. The number of likely N-dealkylation sites (tertiary alicyclic amines) is 1. The molecule has 1 radical (unpaired) electrons. The van der Waals surface area contributed by atoms with Crippen LogP contribution in [-0.4, -0.2) is 42.3 Å². The van der Waals surface area contributed by atoms with Crippen LogP contribution in [0.4, 0.5) is 4.79 Å². The predicted molar refractivity (Wildman–Crippen MR) is 91.1 cm³/mol. The fourth-order valence-corrected chi connectivity index (χ4v) is 2.33. The molecule has 0 aliphatic carbocycles. The Kier molecular flexibility index (Phi) is 6.37. The predicted octanol–water partition coefficient (Wildman–Crippen LogP) is 4.26. The Morgan fingerprint density at radius 2 is 1.82 bits per heavy atom. The number of piperidine rings is 1. The van der Waals surface area contributed by atoms with E-state index >= 15 is 0 Å². The molecule has 0 N–H and O–H groups in total. The van der Waals surface area contributed by atoms with Crippen LogP contribution in [-0.2, 0) is 9.39 Å². The highest BCUT2D eigenvalue weighted by atomic mass is 16.6. The van der Waals surface area contributed by atoms with Crippen LogP contribution in [0.1, 0.15) is 68.2 Å². The first kappa shape index (κ1) is 19.3. The van der Waals surface area contributed by atoms with Crippen LogP contribution in [0.25, 0.3) is 0 Å². The van der Waals surface area contributed by atoms with E-state index in [0.29, 0.717) is 11.7 Å². The van der Waals surface area contributed by atoms with Gasteiger partial charge in [0.1, 0.15) is 5.60 Å². The zero-order chi connectivity index (χ0) is 17.1. The van der Waals surface area contributed by atoms with Gasteiger partial charge in [-0.3, -0.25) is 0 Å². The van der Waals surface area contributed by atoms with Gasteiger partial charge in [-0.2, -0.15) is 0 Å². The molecule has 1 fully saturated rings. The Balaban J connectivity index is 2.48.